The first-order valence-corrected chi connectivity index (χ1v) is 6.87. The van der Waals surface area contributed by atoms with Gasteiger partial charge in [0.1, 0.15) is 0 Å². The number of hydrogen-bond acceptors (Lipinski definition) is 1. The van der Waals surface area contributed by atoms with E-state index in [0.29, 0.717) is 5.92 Å². The number of carbonyl (C=O) groups is 1. The molecular formula is C18H17NO. The molecule has 2 nitrogen and oxygen atoms in total. The van der Waals surface area contributed by atoms with Crippen molar-refractivity contribution in [2.24, 2.45) is 0 Å². The molecule has 1 N–H and O–H groups in total. The van der Waals surface area contributed by atoms with Crippen LogP contribution < -0.4 is 5.32 Å². The maximum atomic E-state index is 12.1. The van der Waals surface area contributed by atoms with Crippen molar-refractivity contribution in [1.29, 1.82) is 0 Å². The molecule has 2 aromatic rings. The van der Waals surface area contributed by atoms with Crippen LogP contribution in [0, 0.1) is 0 Å². The molecule has 0 saturated carbocycles. The summed E-state index contributed by atoms with van der Waals surface area (Å²) in [6.45, 7) is 4.30. The van der Waals surface area contributed by atoms with Crippen molar-refractivity contribution in [2.75, 3.05) is 5.32 Å². The minimum atomic E-state index is -0.0234. The molecule has 2 aromatic carbocycles. The van der Waals surface area contributed by atoms with E-state index in [2.05, 4.69) is 31.3 Å². The Bertz CT molecular complexity index is 684. The van der Waals surface area contributed by atoms with Gasteiger partial charge in [-0.25, -0.2) is 0 Å². The van der Waals surface area contributed by atoms with Gasteiger partial charge in [-0.3, -0.25) is 4.79 Å². The van der Waals surface area contributed by atoms with Gasteiger partial charge in [0, 0.05) is 16.8 Å². The maximum absolute atomic E-state index is 12.1. The van der Waals surface area contributed by atoms with Crippen molar-refractivity contribution in [2.45, 2.75) is 19.8 Å². The summed E-state index contributed by atoms with van der Waals surface area (Å²) in [5.41, 5.74) is 4.93. The molecule has 0 radical (unpaired) electrons. The monoisotopic (exact) mass is 263 g/mol. The van der Waals surface area contributed by atoms with Gasteiger partial charge in [-0.05, 0) is 29.2 Å². The molecule has 0 aromatic heterocycles. The standard InChI is InChI=1S/C18H17NO/c1-12(2)14-8-9-15-16(18(20)19-17(15)11-14)10-13-6-4-3-5-7-13/h3-12H,1-2H3,(H,19,20). The topological polar surface area (TPSA) is 29.1 Å². The second kappa shape index (κ2) is 4.97. The third kappa shape index (κ3) is 2.25. The second-order valence-electron chi connectivity index (χ2n) is 5.38. The van der Waals surface area contributed by atoms with Crippen LogP contribution in [-0.2, 0) is 4.79 Å². The zero-order valence-corrected chi connectivity index (χ0v) is 11.7. The number of hydrogen-bond donors (Lipinski definition) is 1. The zero-order valence-electron chi connectivity index (χ0n) is 11.7. The molecule has 0 saturated heterocycles. The van der Waals surface area contributed by atoms with Crippen molar-refractivity contribution >= 4 is 23.2 Å². The fourth-order valence-corrected chi connectivity index (χ4v) is 2.43. The molecule has 2 heteroatoms. The Hall–Kier alpha value is -2.35. The second-order valence-corrected chi connectivity index (χ2v) is 5.38. The first-order chi connectivity index (χ1) is 9.65. The van der Waals surface area contributed by atoms with Crippen LogP contribution >= 0.6 is 0 Å². The molecule has 1 aliphatic heterocycles. The molecule has 0 atom stereocenters. The van der Waals surface area contributed by atoms with Crippen LogP contribution in [0.5, 0.6) is 0 Å². The van der Waals surface area contributed by atoms with Gasteiger partial charge < -0.3 is 5.32 Å². The summed E-state index contributed by atoms with van der Waals surface area (Å²) in [5.74, 6) is 0.434. The molecule has 0 unspecified atom stereocenters. The number of benzene rings is 2. The smallest absolute Gasteiger partial charge is 0.256 e. The number of fused-ring (bicyclic) bond motifs is 1. The summed E-state index contributed by atoms with van der Waals surface area (Å²) < 4.78 is 0. The van der Waals surface area contributed by atoms with Gasteiger partial charge >= 0.3 is 0 Å². The van der Waals surface area contributed by atoms with E-state index in [-0.39, 0.29) is 5.91 Å². The average Bonchev–Trinajstić information content (AvgIpc) is 2.75. The van der Waals surface area contributed by atoms with Crippen LogP contribution in [0.4, 0.5) is 5.69 Å². The van der Waals surface area contributed by atoms with Crippen LogP contribution in [0.15, 0.2) is 48.5 Å². The molecular weight excluding hydrogens is 246 g/mol. The van der Waals surface area contributed by atoms with Gasteiger partial charge in [0.2, 0.25) is 0 Å². The van der Waals surface area contributed by atoms with Crippen LogP contribution in [0.1, 0.15) is 36.5 Å². The Morgan fingerprint density at radius 2 is 1.80 bits per heavy atom. The molecule has 0 fully saturated rings. The maximum Gasteiger partial charge on any atom is 0.256 e. The van der Waals surface area contributed by atoms with E-state index in [4.69, 9.17) is 0 Å². The van der Waals surface area contributed by atoms with E-state index < -0.39 is 0 Å². The number of anilines is 1. The highest BCUT2D eigenvalue weighted by Crippen LogP contribution is 2.35. The summed E-state index contributed by atoms with van der Waals surface area (Å²) in [6.07, 6.45) is 1.94. The molecule has 1 aliphatic rings. The molecule has 0 aliphatic carbocycles. The van der Waals surface area contributed by atoms with Gasteiger partial charge in [-0.1, -0.05) is 56.3 Å². The van der Waals surface area contributed by atoms with Crippen LogP contribution in [0.2, 0.25) is 0 Å². The van der Waals surface area contributed by atoms with E-state index in [1.54, 1.807) is 0 Å². The lowest BCUT2D eigenvalue weighted by molar-refractivity contribution is -0.110. The van der Waals surface area contributed by atoms with Gasteiger partial charge in [-0.15, -0.1) is 0 Å². The first kappa shape index (κ1) is 12.7. The lowest BCUT2D eigenvalue weighted by Gasteiger charge is -2.07. The summed E-state index contributed by atoms with van der Waals surface area (Å²) in [6, 6.07) is 16.1. The van der Waals surface area contributed by atoms with Crippen molar-refractivity contribution in [3.8, 4) is 0 Å². The SMILES string of the molecule is CC(C)c1ccc2c(c1)NC(=O)C2=Cc1ccccc1. The Morgan fingerprint density at radius 3 is 2.50 bits per heavy atom. The number of carbonyl (C=O) groups excluding carboxylic acids is 1. The molecule has 100 valence electrons. The minimum absolute atomic E-state index is 0.0234. The highest BCUT2D eigenvalue weighted by molar-refractivity contribution is 6.34. The van der Waals surface area contributed by atoms with Crippen LogP contribution in [0.3, 0.4) is 0 Å². The van der Waals surface area contributed by atoms with E-state index >= 15 is 0 Å². The number of rotatable bonds is 2. The molecule has 0 bridgehead atoms. The highest BCUT2D eigenvalue weighted by atomic mass is 16.2. The minimum Gasteiger partial charge on any atom is -0.321 e. The molecule has 3 rings (SSSR count). The fraction of sp³-hybridized carbons (Fsp3) is 0.167. The highest BCUT2D eigenvalue weighted by Gasteiger charge is 2.24. The van der Waals surface area contributed by atoms with E-state index in [1.165, 1.54) is 5.56 Å². The van der Waals surface area contributed by atoms with Crippen molar-refractivity contribution < 1.29 is 4.79 Å². The summed E-state index contributed by atoms with van der Waals surface area (Å²) >= 11 is 0. The van der Waals surface area contributed by atoms with Crippen molar-refractivity contribution in [3.63, 3.8) is 0 Å². The lowest BCUT2D eigenvalue weighted by Crippen LogP contribution is -2.03. The Kier molecular flexibility index (Phi) is 3.15. The van der Waals surface area contributed by atoms with Gasteiger partial charge in [0.15, 0.2) is 0 Å². The van der Waals surface area contributed by atoms with Gasteiger partial charge in [-0.2, -0.15) is 0 Å². The Labute approximate surface area is 119 Å². The lowest BCUT2D eigenvalue weighted by atomic mass is 9.98. The third-order valence-corrected chi connectivity index (χ3v) is 3.60. The molecule has 20 heavy (non-hydrogen) atoms. The number of nitrogens with one attached hydrogen (secondary N) is 1. The van der Waals surface area contributed by atoms with E-state index in [1.807, 2.05) is 42.5 Å². The normalized spacial score (nSPS) is 15.6. The largest absolute Gasteiger partial charge is 0.321 e. The summed E-state index contributed by atoms with van der Waals surface area (Å²) in [4.78, 5) is 12.1. The Morgan fingerprint density at radius 1 is 1.05 bits per heavy atom. The predicted octanol–water partition coefficient (Wildman–Crippen LogP) is 4.30. The third-order valence-electron chi connectivity index (χ3n) is 3.60. The molecule has 1 heterocycles. The van der Waals surface area contributed by atoms with E-state index in [9.17, 15) is 4.79 Å². The van der Waals surface area contributed by atoms with Crippen molar-refractivity contribution in [3.05, 3.63) is 65.2 Å². The Balaban J connectivity index is 2.05. The zero-order chi connectivity index (χ0) is 14.1. The first-order valence-electron chi connectivity index (χ1n) is 6.87. The van der Waals surface area contributed by atoms with Crippen LogP contribution in [0.25, 0.3) is 11.6 Å². The number of amides is 1. The molecule has 1 amide bonds. The van der Waals surface area contributed by atoms with Crippen molar-refractivity contribution in [1.82, 2.24) is 0 Å². The summed E-state index contributed by atoms with van der Waals surface area (Å²) in [5, 5.41) is 2.96. The van der Waals surface area contributed by atoms with Gasteiger partial charge in [0.05, 0.1) is 0 Å². The van der Waals surface area contributed by atoms with Crippen LogP contribution in [-0.4, -0.2) is 5.91 Å². The van der Waals surface area contributed by atoms with E-state index in [0.717, 1.165) is 22.4 Å². The quantitative estimate of drug-likeness (QED) is 0.804. The summed E-state index contributed by atoms with van der Waals surface area (Å²) in [7, 11) is 0. The average molecular weight is 263 g/mol. The predicted molar refractivity (Wildman–Crippen MR) is 83.5 cm³/mol. The fourth-order valence-electron chi connectivity index (χ4n) is 2.43. The van der Waals surface area contributed by atoms with Gasteiger partial charge in [0.25, 0.3) is 5.91 Å². The molecule has 0 spiro atoms.